The average molecular weight is 358 g/mol. The summed E-state index contributed by atoms with van der Waals surface area (Å²) >= 11 is 0. The van der Waals surface area contributed by atoms with Crippen molar-refractivity contribution in [1.82, 2.24) is 15.4 Å². The molecule has 3 rings (SSSR count). The molecular weight excluding hydrogens is 336 g/mol. The lowest BCUT2D eigenvalue weighted by Crippen LogP contribution is -2.45. The average Bonchev–Trinajstić information content (AvgIpc) is 3.17. The van der Waals surface area contributed by atoms with Gasteiger partial charge in [-0.3, -0.25) is 19.8 Å². The fourth-order valence-electron chi connectivity index (χ4n) is 2.86. The van der Waals surface area contributed by atoms with Gasteiger partial charge in [-0.2, -0.15) is 0 Å². The van der Waals surface area contributed by atoms with Gasteiger partial charge in [0, 0.05) is 25.7 Å². The van der Waals surface area contributed by atoms with Crippen LogP contribution in [0.2, 0.25) is 0 Å². The van der Waals surface area contributed by atoms with Crippen LogP contribution in [0.15, 0.2) is 41.1 Å². The first-order valence-corrected chi connectivity index (χ1v) is 8.51. The Kier molecular flexibility index (Phi) is 5.98. The van der Waals surface area contributed by atoms with Crippen LogP contribution in [0.5, 0.6) is 0 Å². The Labute approximate surface area is 151 Å². The van der Waals surface area contributed by atoms with Gasteiger partial charge >= 0.3 is 11.8 Å². The van der Waals surface area contributed by atoms with Gasteiger partial charge in [-0.15, -0.1) is 0 Å². The van der Waals surface area contributed by atoms with Gasteiger partial charge in [0.25, 0.3) is 0 Å². The fraction of sp³-hybridized carbons (Fsp3) is 0.389. The van der Waals surface area contributed by atoms with Crippen LogP contribution in [0.3, 0.4) is 0 Å². The standard InChI is InChI=1S/C18H22N4O4/c1-13-2-4-14(5-3-13)15(22-7-10-25-11-8-22)12-19-17(23)18(24)20-16-6-9-26-21-16/h2-6,9,15H,7-8,10-12H2,1H3,(H,19,23)(H,20,21,24)/t15-/m1/s1. The Balaban J connectivity index is 1.64. The van der Waals surface area contributed by atoms with Gasteiger partial charge in [-0.1, -0.05) is 35.0 Å². The van der Waals surface area contributed by atoms with Crippen molar-refractivity contribution < 1.29 is 18.8 Å². The van der Waals surface area contributed by atoms with E-state index in [4.69, 9.17) is 4.74 Å². The summed E-state index contributed by atoms with van der Waals surface area (Å²) in [6, 6.07) is 9.63. The number of hydrogen-bond donors (Lipinski definition) is 2. The molecule has 0 bridgehead atoms. The molecule has 1 fully saturated rings. The molecule has 26 heavy (non-hydrogen) atoms. The summed E-state index contributed by atoms with van der Waals surface area (Å²) < 4.78 is 10.0. The number of benzene rings is 1. The van der Waals surface area contributed by atoms with Crippen molar-refractivity contribution in [3.63, 3.8) is 0 Å². The van der Waals surface area contributed by atoms with E-state index < -0.39 is 11.8 Å². The van der Waals surface area contributed by atoms with E-state index in [0.29, 0.717) is 19.8 Å². The second kappa shape index (κ2) is 8.59. The van der Waals surface area contributed by atoms with Crippen LogP contribution < -0.4 is 10.6 Å². The smallest absolute Gasteiger partial charge is 0.314 e. The highest BCUT2D eigenvalue weighted by atomic mass is 16.5. The van der Waals surface area contributed by atoms with Gasteiger partial charge in [-0.25, -0.2) is 0 Å². The number of nitrogens with one attached hydrogen (secondary N) is 2. The highest BCUT2D eigenvalue weighted by Crippen LogP contribution is 2.21. The maximum absolute atomic E-state index is 12.1. The summed E-state index contributed by atoms with van der Waals surface area (Å²) in [4.78, 5) is 26.3. The maximum Gasteiger partial charge on any atom is 0.314 e. The Bertz CT molecular complexity index is 724. The molecule has 1 aliphatic heterocycles. The van der Waals surface area contributed by atoms with Crippen molar-refractivity contribution in [2.75, 3.05) is 38.2 Å². The van der Waals surface area contributed by atoms with Gasteiger partial charge in [0.1, 0.15) is 6.26 Å². The normalized spacial score (nSPS) is 16.0. The van der Waals surface area contributed by atoms with E-state index in [1.807, 2.05) is 19.1 Å². The van der Waals surface area contributed by atoms with Crippen molar-refractivity contribution in [2.24, 2.45) is 0 Å². The quantitative estimate of drug-likeness (QED) is 0.778. The number of anilines is 1. The second-order valence-corrected chi connectivity index (χ2v) is 6.12. The molecule has 0 radical (unpaired) electrons. The minimum Gasteiger partial charge on any atom is -0.379 e. The molecule has 8 heteroatoms. The van der Waals surface area contributed by atoms with E-state index in [2.05, 4.69) is 37.3 Å². The lowest BCUT2D eigenvalue weighted by molar-refractivity contribution is -0.136. The van der Waals surface area contributed by atoms with Crippen LogP contribution in [0.1, 0.15) is 17.2 Å². The number of carbonyl (C=O) groups is 2. The third-order valence-electron chi connectivity index (χ3n) is 4.29. The summed E-state index contributed by atoms with van der Waals surface area (Å²) in [5.74, 6) is -1.28. The molecule has 2 amide bonds. The van der Waals surface area contributed by atoms with Crippen LogP contribution in [-0.2, 0) is 14.3 Å². The van der Waals surface area contributed by atoms with Crippen molar-refractivity contribution in [1.29, 1.82) is 0 Å². The first-order chi connectivity index (χ1) is 12.6. The topological polar surface area (TPSA) is 96.7 Å². The van der Waals surface area contributed by atoms with Crippen LogP contribution in [0.4, 0.5) is 5.82 Å². The lowest BCUT2D eigenvalue weighted by atomic mass is 10.0. The molecule has 8 nitrogen and oxygen atoms in total. The number of ether oxygens (including phenoxy) is 1. The second-order valence-electron chi connectivity index (χ2n) is 6.12. The third kappa shape index (κ3) is 4.68. The molecule has 0 unspecified atom stereocenters. The number of hydrogen-bond acceptors (Lipinski definition) is 6. The number of rotatable bonds is 5. The zero-order valence-electron chi connectivity index (χ0n) is 14.6. The Hall–Kier alpha value is -2.71. The largest absolute Gasteiger partial charge is 0.379 e. The molecule has 138 valence electrons. The summed E-state index contributed by atoms with van der Waals surface area (Å²) in [6.45, 7) is 5.22. The minimum atomic E-state index is -0.775. The van der Waals surface area contributed by atoms with Crippen LogP contribution >= 0.6 is 0 Å². The van der Waals surface area contributed by atoms with Gasteiger partial charge in [0.15, 0.2) is 5.82 Å². The van der Waals surface area contributed by atoms with Crippen molar-refractivity contribution in [3.8, 4) is 0 Å². The monoisotopic (exact) mass is 358 g/mol. The molecule has 1 saturated heterocycles. The molecular formula is C18H22N4O4. The molecule has 2 heterocycles. The SMILES string of the molecule is Cc1ccc([C@@H](CNC(=O)C(=O)Nc2ccon2)N2CCOCC2)cc1. The van der Waals surface area contributed by atoms with E-state index in [0.717, 1.165) is 18.7 Å². The molecule has 0 saturated carbocycles. The zero-order valence-corrected chi connectivity index (χ0v) is 14.6. The molecule has 0 aliphatic carbocycles. The number of morpholine rings is 1. The predicted molar refractivity (Wildman–Crippen MR) is 94.5 cm³/mol. The highest BCUT2D eigenvalue weighted by Gasteiger charge is 2.24. The number of carbonyl (C=O) groups excluding carboxylic acids is 2. The summed E-state index contributed by atoms with van der Waals surface area (Å²) in [6.07, 6.45) is 1.32. The summed E-state index contributed by atoms with van der Waals surface area (Å²) in [5, 5.41) is 8.65. The molecule has 1 atom stereocenters. The van der Waals surface area contributed by atoms with E-state index in [1.165, 1.54) is 17.9 Å². The van der Waals surface area contributed by atoms with E-state index in [9.17, 15) is 9.59 Å². The van der Waals surface area contributed by atoms with E-state index in [-0.39, 0.29) is 11.9 Å². The Morgan fingerprint density at radius 2 is 1.88 bits per heavy atom. The number of amides is 2. The van der Waals surface area contributed by atoms with E-state index >= 15 is 0 Å². The van der Waals surface area contributed by atoms with Gasteiger partial charge < -0.3 is 14.6 Å². The zero-order chi connectivity index (χ0) is 18.4. The van der Waals surface area contributed by atoms with Crippen molar-refractivity contribution in [2.45, 2.75) is 13.0 Å². The van der Waals surface area contributed by atoms with Crippen LogP contribution in [-0.4, -0.2) is 54.7 Å². The Morgan fingerprint density at radius 1 is 1.15 bits per heavy atom. The Morgan fingerprint density at radius 3 is 2.54 bits per heavy atom. The number of aryl methyl sites for hydroxylation is 1. The lowest BCUT2D eigenvalue weighted by Gasteiger charge is -2.34. The first-order valence-electron chi connectivity index (χ1n) is 8.51. The molecule has 2 aromatic rings. The molecule has 1 aromatic heterocycles. The third-order valence-corrected chi connectivity index (χ3v) is 4.29. The first kappa shape index (κ1) is 18.1. The number of nitrogens with zero attached hydrogens (tertiary/aromatic N) is 2. The van der Waals surface area contributed by atoms with Gasteiger partial charge in [0.05, 0.1) is 19.3 Å². The van der Waals surface area contributed by atoms with Crippen molar-refractivity contribution >= 4 is 17.6 Å². The highest BCUT2D eigenvalue weighted by molar-refractivity contribution is 6.39. The summed E-state index contributed by atoms with van der Waals surface area (Å²) in [5.41, 5.74) is 2.26. The van der Waals surface area contributed by atoms with Crippen molar-refractivity contribution in [3.05, 3.63) is 47.7 Å². The predicted octanol–water partition coefficient (Wildman–Crippen LogP) is 1.11. The molecule has 0 spiro atoms. The molecule has 1 aliphatic rings. The van der Waals surface area contributed by atoms with Crippen LogP contribution in [0.25, 0.3) is 0 Å². The molecule has 2 N–H and O–H groups in total. The van der Waals surface area contributed by atoms with Gasteiger partial charge in [-0.05, 0) is 12.5 Å². The van der Waals surface area contributed by atoms with Gasteiger partial charge in [0.2, 0.25) is 0 Å². The minimum absolute atomic E-state index is 0.0247. The summed E-state index contributed by atoms with van der Waals surface area (Å²) in [7, 11) is 0. The number of aromatic nitrogens is 1. The van der Waals surface area contributed by atoms with Crippen LogP contribution in [0, 0.1) is 6.92 Å². The maximum atomic E-state index is 12.1. The molecule has 1 aromatic carbocycles. The fourth-order valence-corrected chi connectivity index (χ4v) is 2.86. The van der Waals surface area contributed by atoms with E-state index in [1.54, 1.807) is 0 Å².